The normalized spacial score (nSPS) is 10.5. The van der Waals surface area contributed by atoms with Crippen molar-refractivity contribution in [1.29, 1.82) is 0 Å². The second kappa shape index (κ2) is 5.80. The fraction of sp³-hybridized carbons (Fsp3) is 0.267. The van der Waals surface area contributed by atoms with Gasteiger partial charge in [-0.1, -0.05) is 12.1 Å². The largest absolute Gasteiger partial charge is 0.392 e. The van der Waals surface area contributed by atoms with Gasteiger partial charge in [0, 0.05) is 19.3 Å². The minimum absolute atomic E-state index is 0.00976. The van der Waals surface area contributed by atoms with Crippen molar-refractivity contribution in [2.75, 3.05) is 11.9 Å². The Hall–Kier alpha value is -1.94. The maximum Gasteiger partial charge on any atom is 0.129 e. The van der Waals surface area contributed by atoms with Crippen LogP contribution in [0.15, 0.2) is 36.4 Å². The fourth-order valence-electron chi connectivity index (χ4n) is 2.00. The molecule has 19 heavy (non-hydrogen) atoms. The Labute approximate surface area is 112 Å². The molecular formula is C15H17FN2O. The van der Waals surface area contributed by atoms with Crippen LogP contribution in [-0.2, 0) is 13.2 Å². The minimum Gasteiger partial charge on any atom is -0.392 e. The van der Waals surface area contributed by atoms with E-state index in [0.717, 1.165) is 22.6 Å². The van der Waals surface area contributed by atoms with Crippen molar-refractivity contribution in [3.63, 3.8) is 0 Å². The Morgan fingerprint density at radius 3 is 2.68 bits per heavy atom. The van der Waals surface area contributed by atoms with Crippen molar-refractivity contribution in [3.8, 4) is 0 Å². The van der Waals surface area contributed by atoms with E-state index < -0.39 is 0 Å². The highest BCUT2D eigenvalue weighted by Crippen LogP contribution is 2.16. The quantitative estimate of drug-likeness (QED) is 0.918. The molecule has 0 unspecified atom stereocenters. The van der Waals surface area contributed by atoms with Crippen molar-refractivity contribution in [1.82, 2.24) is 4.98 Å². The molecule has 2 rings (SSSR count). The molecule has 3 nitrogen and oxygen atoms in total. The molecule has 0 radical (unpaired) electrons. The lowest BCUT2D eigenvalue weighted by atomic mass is 10.2. The van der Waals surface area contributed by atoms with Gasteiger partial charge in [-0.25, -0.2) is 9.37 Å². The van der Waals surface area contributed by atoms with Crippen LogP contribution in [0.25, 0.3) is 0 Å². The molecule has 0 aliphatic carbocycles. The van der Waals surface area contributed by atoms with Gasteiger partial charge in [0.25, 0.3) is 0 Å². The first kappa shape index (κ1) is 13.5. The maximum absolute atomic E-state index is 13.1. The zero-order valence-electron chi connectivity index (χ0n) is 11.1. The summed E-state index contributed by atoms with van der Waals surface area (Å²) in [6, 6.07) is 10.2. The number of hydrogen-bond acceptors (Lipinski definition) is 3. The van der Waals surface area contributed by atoms with E-state index >= 15 is 0 Å². The predicted octanol–water partition coefficient (Wildman–Crippen LogP) is 2.66. The first-order valence-electron chi connectivity index (χ1n) is 6.12. The molecule has 0 saturated carbocycles. The minimum atomic E-state index is -0.237. The van der Waals surface area contributed by atoms with Gasteiger partial charge >= 0.3 is 0 Å². The van der Waals surface area contributed by atoms with Crippen molar-refractivity contribution in [3.05, 3.63) is 59.0 Å². The number of aliphatic hydroxyl groups is 1. The van der Waals surface area contributed by atoms with Crippen molar-refractivity contribution in [2.24, 2.45) is 0 Å². The van der Waals surface area contributed by atoms with E-state index in [0.29, 0.717) is 6.54 Å². The topological polar surface area (TPSA) is 36.4 Å². The molecule has 0 amide bonds. The lowest BCUT2D eigenvalue weighted by Crippen LogP contribution is -2.18. The summed E-state index contributed by atoms with van der Waals surface area (Å²) in [6.45, 7) is 2.45. The second-order valence-electron chi connectivity index (χ2n) is 4.62. The molecule has 0 bridgehead atoms. The number of rotatable bonds is 4. The molecule has 2 aromatic rings. The summed E-state index contributed by atoms with van der Waals surface area (Å²) in [4.78, 5) is 6.35. The average Bonchev–Trinajstić information content (AvgIpc) is 2.38. The lowest BCUT2D eigenvalue weighted by molar-refractivity contribution is 0.281. The monoisotopic (exact) mass is 260 g/mol. The van der Waals surface area contributed by atoms with Crippen LogP contribution in [0.3, 0.4) is 0 Å². The molecule has 4 heteroatoms. The van der Waals surface area contributed by atoms with E-state index in [-0.39, 0.29) is 12.4 Å². The lowest BCUT2D eigenvalue weighted by Gasteiger charge is -2.19. The van der Waals surface area contributed by atoms with Crippen LogP contribution in [0.5, 0.6) is 0 Å². The van der Waals surface area contributed by atoms with Gasteiger partial charge in [-0.2, -0.15) is 0 Å². The van der Waals surface area contributed by atoms with E-state index in [9.17, 15) is 9.50 Å². The highest BCUT2D eigenvalue weighted by molar-refractivity contribution is 5.42. The summed E-state index contributed by atoms with van der Waals surface area (Å²) in [5.41, 5.74) is 2.57. The summed E-state index contributed by atoms with van der Waals surface area (Å²) in [7, 11) is 1.90. The van der Waals surface area contributed by atoms with Gasteiger partial charge in [-0.05, 0) is 42.3 Å². The van der Waals surface area contributed by atoms with Crippen LogP contribution in [0, 0.1) is 12.7 Å². The van der Waals surface area contributed by atoms with Crippen LogP contribution >= 0.6 is 0 Å². The Morgan fingerprint density at radius 2 is 2.00 bits per heavy atom. The highest BCUT2D eigenvalue weighted by Gasteiger charge is 2.06. The number of halogens is 1. The van der Waals surface area contributed by atoms with Crippen LogP contribution in [0.2, 0.25) is 0 Å². The zero-order valence-corrected chi connectivity index (χ0v) is 11.1. The summed E-state index contributed by atoms with van der Waals surface area (Å²) < 4.78 is 13.1. The Kier molecular flexibility index (Phi) is 4.12. The Morgan fingerprint density at radius 1 is 1.21 bits per heavy atom. The molecule has 0 aliphatic rings. The number of aliphatic hydroxyl groups excluding tert-OH is 1. The van der Waals surface area contributed by atoms with Crippen molar-refractivity contribution < 1.29 is 9.50 Å². The van der Waals surface area contributed by atoms with Crippen LogP contribution in [0.4, 0.5) is 10.2 Å². The number of anilines is 1. The first-order valence-corrected chi connectivity index (χ1v) is 6.12. The third-order valence-corrected chi connectivity index (χ3v) is 2.88. The zero-order chi connectivity index (χ0) is 13.8. The number of pyridine rings is 1. The summed E-state index contributed by atoms with van der Waals surface area (Å²) in [5, 5.41) is 9.20. The van der Waals surface area contributed by atoms with Gasteiger partial charge in [0.05, 0.1) is 6.61 Å². The van der Waals surface area contributed by atoms with Crippen molar-refractivity contribution >= 4 is 5.82 Å². The standard InChI is InChI=1S/C15H17FN2O/c1-11-6-13(10-19)8-15(17-11)18(2)9-12-4-3-5-14(16)7-12/h3-8,19H,9-10H2,1-2H3. The Balaban J connectivity index is 2.20. The smallest absolute Gasteiger partial charge is 0.129 e. The van der Waals surface area contributed by atoms with Crippen LogP contribution in [0.1, 0.15) is 16.8 Å². The molecule has 1 heterocycles. The molecule has 1 N–H and O–H groups in total. The molecule has 0 spiro atoms. The molecule has 0 atom stereocenters. The first-order chi connectivity index (χ1) is 9.08. The number of benzene rings is 1. The van der Waals surface area contributed by atoms with E-state index in [1.54, 1.807) is 6.07 Å². The number of aromatic nitrogens is 1. The molecule has 0 saturated heterocycles. The average molecular weight is 260 g/mol. The van der Waals surface area contributed by atoms with E-state index in [1.165, 1.54) is 12.1 Å². The molecule has 0 fully saturated rings. The number of nitrogens with zero attached hydrogens (tertiary/aromatic N) is 2. The molecular weight excluding hydrogens is 243 g/mol. The van der Waals surface area contributed by atoms with Crippen LogP contribution < -0.4 is 4.90 Å². The van der Waals surface area contributed by atoms with Crippen molar-refractivity contribution in [2.45, 2.75) is 20.1 Å². The molecule has 1 aromatic heterocycles. The van der Waals surface area contributed by atoms with Gasteiger partial charge < -0.3 is 10.0 Å². The van der Waals surface area contributed by atoms with Gasteiger partial charge in [0.2, 0.25) is 0 Å². The molecule has 1 aromatic carbocycles. The SMILES string of the molecule is Cc1cc(CO)cc(N(C)Cc2cccc(F)c2)n1. The predicted molar refractivity (Wildman–Crippen MR) is 73.4 cm³/mol. The summed E-state index contributed by atoms with van der Waals surface area (Å²) >= 11 is 0. The van der Waals surface area contributed by atoms with E-state index in [2.05, 4.69) is 4.98 Å². The maximum atomic E-state index is 13.1. The van der Waals surface area contributed by atoms with Gasteiger partial charge in [0.1, 0.15) is 11.6 Å². The molecule has 0 aliphatic heterocycles. The Bertz CT molecular complexity index is 572. The van der Waals surface area contributed by atoms with Crippen LogP contribution in [-0.4, -0.2) is 17.1 Å². The summed E-state index contributed by atoms with van der Waals surface area (Å²) in [5.74, 6) is 0.535. The van der Waals surface area contributed by atoms with E-state index in [1.807, 2.05) is 37.1 Å². The third-order valence-electron chi connectivity index (χ3n) is 2.88. The van der Waals surface area contributed by atoms with Gasteiger partial charge in [0.15, 0.2) is 0 Å². The van der Waals surface area contributed by atoms with E-state index in [4.69, 9.17) is 0 Å². The van der Waals surface area contributed by atoms with Gasteiger partial charge in [-0.15, -0.1) is 0 Å². The highest BCUT2D eigenvalue weighted by atomic mass is 19.1. The number of hydrogen-bond donors (Lipinski definition) is 1. The second-order valence-corrected chi connectivity index (χ2v) is 4.62. The third kappa shape index (κ3) is 3.51. The fourth-order valence-corrected chi connectivity index (χ4v) is 2.00. The molecule has 100 valence electrons. The number of aryl methyl sites for hydroxylation is 1. The van der Waals surface area contributed by atoms with Gasteiger partial charge in [-0.3, -0.25) is 0 Å². The summed E-state index contributed by atoms with van der Waals surface area (Å²) in [6.07, 6.45) is 0.